The summed E-state index contributed by atoms with van der Waals surface area (Å²) in [6.07, 6.45) is 1.73. The molecule has 3 heteroatoms. The molecule has 1 nitrogen and oxygen atoms in total. The van der Waals surface area contributed by atoms with Crippen LogP contribution in [-0.2, 0) is 6.42 Å². The summed E-state index contributed by atoms with van der Waals surface area (Å²) in [4.78, 5) is 0. The minimum absolute atomic E-state index is 0.0509. The molecule has 1 aliphatic rings. The predicted molar refractivity (Wildman–Crippen MR) is 63.7 cm³/mol. The fourth-order valence-corrected chi connectivity index (χ4v) is 2.13. The van der Waals surface area contributed by atoms with Gasteiger partial charge in [-0.2, -0.15) is 0 Å². The van der Waals surface area contributed by atoms with Crippen LogP contribution in [0.5, 0.6) is 5.75 Å². The lowest BCUT2D eigenvalue weighted by Gasteiger charge is -2.28. The molecule has 0 N–H and O–H groups in total. The first-order chi connectivity index (χ1) is 8.09. The lowest BCUT2D eigenvalue weighted by Crippen LogP contribution is -2.30. The lowest BCUT2D eigenvalue weighted by atomic mass is 9.94. The first-order valence-corrected chi connectivity index (χ1v) is 6.22. The summed E-state index contributed by atoms with van der Waals surface area (Å²) in [7, 11) is 0. The van der Waals surface area contributed by atoms with E-state index in [1.807, 2.05) is 24.3 Å². The minimum atomic E-state index is -2.48. The van der Waals surface area contributed by atoms with Crippen molar-refractivity contribution in [1.29, 1.82) is 0 Å². The number of aryl methyl sites for hydroxylation is 1. The Morgan fingerprint density at radius 1 is 1.18 bits per heavy atom. The quantitative estimate of drug-likeness (QED) is 0.769. The van der Waals surface area contributed by atoms with Crippen molar-refractivity contribution in [3.63, 3.8) is 0 Å². The predicted octanol–water partition coefficient (Wildman–Crippen LogP) is 4.21. The zero-order valence-corrected chi connectivity index (χ0v) is 10.1. The van der Waals surface area contributed by atoms with Crippen molar-refractivity contribution in [2.45, 2.75) is 51.1 Å². The van der Waals surface area contributed by atoms with Crippen LogP contribution in [0.25, 0.3) is 0 Å². The van der Waals surface area contributed by atoms with Crippen molar-refractivity contribution < 1.29 is 13.5 Å². The molecule has 1 fully saturated rings. The summed E-state index contributed by atoms with van der Waals surface area (Å²) < 4.78 is 31.6. The second kappa shape index (κ2) is 5.03. The fourth-order valence-electron chi connectivity index (χ4n) is 2.13. The number of halogens is 2. The van der Waals surface area contributed by atoms with Crippen LogP contribution in [0, 0.1) is 0 Å². The van der Waals surface area contributed by atoms with Crippen molar-refractivity contribution in [3.8, 4) is 5.75 Å². The fraction of sp³-hybridized carbons (Fsp3) is 0.571. The van der Waals surface area contributed by atoms with Crippen LogP contribution in [0.2, 0.25) is 0 Å². The van der Waals surface area contributed by atoms with Gasteiger partial charge in [0.2, 0.25) is 5.92 Å². The topological polar surface area (TPSA) is 9.23 Å². The highest BCUT2D eigenvalue weighted by atomic mass is 19.3. The summed E-state index contributed by atoms with van der Waals surface area (Å²) in [6.45, 7) is 2.10. The smallest absolute Gasteiger partial charge is 0.248 e. The molecular formula is C14H18F2O. The van der Waals surface area contributed by atoms with E-state index in [1.54, 1.807) is 0 Å². The summed E-state index contributed by atoms with van der Waals surface area (Å²) in [5.41, 5.74) is 1.26. The normalized spacial score (nSPS) is 20.2. The number of benzene rings is 1. The van der Waals surface area contributed by atoms with E-state index in [-0.39, 0.29) is 18.9 Å². The van der Waals surface area contributed by atoms with E-state index in [0.29, 0.717) is 12.8 Å². The van der Waals surface area contributed by atoms with Crippen molar-refractivity contribution in [2.75, 3.05) is 0 Å². The summed E-state index contributed by atoms with van der Waals surface area (Å²) in [6, 6.07) is 7.89. The zero-order valence-electron chi connectivity index (χ0n) is 10.1. The van der Waals surface area contributed by atoms with Gasteiger partial charge in [0.1, 0.15) is 5.75 Å². The second-order valence-corrected chi connectivity index (χ2v) is 4.67. The number of rotatable bonds is 3. The molecule has 0 atom stereocenters. The molecule has 0 unspecified atom stereocenters. The molecule has 1 aromatic carbocycles. The third-order valence-corrected chi connectivity index (χ3v) is 3.30. The van der Waals surface area contributed by atoms with Crippen LogP contribution in [0.1, 0.15) is 38.2 Å². The van der Waals surface area contributed by atoms with Gasteiger partial charge < -0.3 is 4.74 Å². The molecule has 1 saturated carbocycles. The Hall–Kier alpha value is -1.12. The Morgan fingerprint density at radius 2 is 1.76 bits per heavy atom. The van der Waals surface area contributed by atoms with E-state index in [0.717, 1.165) is 12.2 Å². The van der Waals surface area contributed by atoms with Crippen LogP contribution in [-0.4, -0.2) is 12.0 Å². The number of ether oxygens (including phenoxy) is 1. The van der Waals surface area contributed by atoms with E-state index in [1.165, 1.54) is 5.56 Å². The number of hydrogen-bond acceptors (Lipinski definition) is 1. The maximum atomic E-state index is 13.0. The van der Waals surface area contributed by atoms with Crippen LogP contribution in [0.3, 0.4) is 0 Å². The molecular weight excluding hydrogens is 222 g/mol. The SMILES string of the molecule is CCc1ccc(OC2CCC(F)(F)CC2)cc1. The maximum absolute atomic E-state index is 13.0. The molecule has 0 bridgehead atoms. The Labute approximate surface area is 101 Å². The van der Waals surface area contributed by atoms with E-state index >= 15 is 0 Å². The van der Waals surface area contributed by atoms with Crippen LogP contribution < -0.4 is 4.74 Å². The molecule has 0 heterocycles. The molecule has 94 valence electrons. The molecule has 0 spiro atoms. The van der Waals surface area contributed by atoms with E-state index in [4.69, 9.17) is 4.74 Å². The van der Waals surface area contributed by atoms with Crippen molar-refractivity contribution in [2.24, 2.45) is 0 Å². The molecule has 0 saturated heterocycles. The first-order valence-electron chi connectivity index (χ1n) is 6.22. The van der Waals surface area contributed by atoms with Gasteiger partial charge in [0, 0.05) is 12.8 Å². The highest BCUT2D eigenvalue weighted by Crippen LogP contribution is 2.34. The molecule has 17 heavy (non-hydrogen) atoms. The largest absolute Gasteiger partial charge is 0.490 e. The van der Waals surface area contributed by atoms with Crippen LogP contribution in [0.15, 0.2) is 24.3 Å². The van der Waals surface area contributed by atoms with Gasteiger partial charge in [-0.3, -0.25) is 0 Å². The third-order valence-electron chi connectivity index (χ3n) is 3.30. The average Bonchev–Trinajstić information content (AvgIpc) is 2.33. The van der Waals surface area contributed by atoms with Gasteiger partial charge in [-0.1, -0.05) is 19.1 Å². The summed E-state index contributed by atoms with van der Waals surface area (Å²) in [5, 5.41) is 0. The van der Waals surface area contributed by atoms with Gasteiger partial charge in [0.15, 0.2) is 0 Å². The van der Waals surface area contributed by atoms with E-state index < -0.39 is 5.92 Å². The van der Waals surface area contributed by atoms with Gasteiger partial charge >= 0.3 is 0 Å². The Morgan fingerprint density at radius 3 is 2.29 bits per heavy atom. The van der Waals surface area contributed by atoms with Gasteiger partial charge in [0.25, 0.3) is 0 Å². The molecule has 0 aliphatic heterocycles. The Balaban J connectivity index is 1.89. The van der Waals surface area contributed by atoms with Gasteiger partial charge in [-0.25, -0.2) is 8.78 Å². The highest BCUT2D eigenvalue weighted by molar-refractivity contribution is 5.27. The molecule has 2 rings (SSSR count). The standard InChI is InChI=1S/C14H18F2O/c1-2-11-3-5-12(6-4-11)17-13-7-9-14(15,16)10-8-13/h3-6,13H,2,7-10H2,1H3. The number of alkyl halides is 2. The Kier molecular flexibility index (Phi) is 3.65. The summed E-state index contributed by atoms with van der Waals surface area (Å²) >= 11 is 0. The van der Waals surface area contributed by atoms with Crippen molar-refractivity contribution in [3.05, 3.63) is 29.8 Å². The van der Waals surface area contributed by atoms with Crippen LogP contribution >= 0.6 is 0 Å². The first kappa shape index (κ1) is 12.3. The highest BCUT2D eigenvalue weighted by Gasteiger charge is 2.35. The van der Waals surface area contributed by atoms with Gasteiger partial charge in [-0.15, -0.1) is 0 Å². The summed E-state index contributed by atoms with van der Waals surface area (Å²) in [5.74, 6) is -1.69. The zero-order chi connectivity index (χ0) is 12.3. The number of hydrogen-bond donors (Lipinski definition) is 0. The molecule has 0 radical (unpaired) electrons. The van der Waals surface area contributed by atoms with Crippen LogP contribution in [0.4, 0.5) is 8.78 Å². The lowest BCUT2D eigenvalue weighted by molar-refractivity contribution is -0.0582. The maximum Gasteiger partial charge on any atom is 0.248 e. The second-order valence-electron chi connectivity index (χ2n) is 4.67. The third kappa shape index (κ3) is 3.42. The van der Waals surface area contributed by atoms with Gasteiger partial charge in [0.05, 0.1) is 6.10 Å². The van der Waals surface area contributed by atoms with E-state index in [2.05, 4.69) is 6.92 Å². The average molecular weight is 240 g/mol. The monoisotopic (exact) mass is 240 g/mol. The molecule has 1 aromatic rings. The minimum Gasteiger partial charge on any atom is -0.490 e. The Bertz CT molecular complexity index is 349. The molecule has 0 amide bonds. The van der Waals surface area contributed by atoms with Crippen molar-refractivity contribution >= 4 is 0 Å². The van der Waals surface area contributed by atoms with Crippen molar-refractivity contribution in [1.82, 2.24) is 0 Å². The van der Waals surface area contributed by atoms with Gasteiger partial charge in [-0.05, 0) is 37.0 Å². The van der Waals surface area contributed by atoms with E-state index in [9.17, 15) is 8.78 Å². The molecule has 0 aromatic heterocycles. The molecule has 1 aliphatic carbocycles.